The smallest absolute Gasteiger partial charge is 0.135 e. The van der Waals surface area contributed by atoms with Gasteiger partial charge in [0.25, 0.3) is 0 Å². The van der Waals surface area contributed by atoms with E-state index in [4.69, 9.17) is 4.42 Å². The standard InChI is InChI=1S/C56H37NO/c1-2-16-39(17-3-1)45-28-14-20-40-21-15-30-50(56(40)45)48-26-7-10-32-53(48)57(52-31-9-6-25-47(52)46-29-13-19-38-18-4-5-24-44(38)46)43-23-12-22-41(36-43)42-34-35-55-51(37-42)49-27-8-11-33-54(49)58-55/h1-37H. The van der Waals surface area contributed by atoms with Gasteiger partial charge in [0.2, 0.25) is 0 Å². The van der Waals surface area contributed by atoms with Gasteiger partial charge in [0.15, 0.2) is 0 Å². The van der Waals surface area contributed by atoms with Crippen LogP contribution in [0.4, 0.5) is 17.1 Å². The number of benzene rings is 10. The summed E-state index contributed by atoms with van der Waals surface area (Å²) >= 11 is 0. The number of rotatable bonds is 7. The number of hydrogen-bond acceptors (Lipinski definition) is 2. The Hall–Kier alpha value is -7.68. The second-order valence-corrected chi connectivity index (χ2v) is 14.8. The van der Waals surface area contributed by atoms with Gasteiger partial charge in [-0.2, -0.15) is 0 Å². The number of para-hydroxylation sites is 3. The van der Waals surface area contributed by atoms with Crippen molar-refractivity contribution in [2.45, 2.75) is 0 Å². The molecule has 11 rings (SSSR count). The zero-order valence-electron chi connectivity index (χ0n) is 31.7. The van der Waals surface area contributed by atoms with Crippen molar-refractivity contribution in [3.63, 3.8) is 0 Å². The largest absolute Gasteiger partial charge is 0.456 e. The molecule has 0 saturated heterocycles. The molecule has 11 aromatic rings. The van der Waals surface area contributed by atoms with Crippen LogP contribution in [0.15, 0.2) is 229 Å². The molecule has 272 valence electrons. The molecule has 2 nitrogen and oxygen atoms in total. The van der Waals surface area contributed by atoms with Gasteiger partial charge in [-0.15, -0.1) is 0 Å². The average molecular weight is 740 g/mol. The summed E-state index contributed by atoms with van der Waals surface area (Å²) in [6.45, 7) is 0. The third-order valence-electron chi connectivity index (χ3n) is 11.5. The Kier molecular flexibility index (Phi) is 8.19. The van der Waals surface area contributed by atoms with Crippen molar-refractivity contribution in [2.75, 3.05) is 4.90 Å². The van der Waals surface area contributed by atoms with E-state index in [2.05, 4.69) is 217 Å². The third-order valence-corrected chi connectivity index (χ3v) is 11.5. The molecule has 0 spiro atoms. The Morgan fingerprint density at radius 3 is 1.64 bits per heavy atom. The molecule has 1 heterocycles. The SMILES string of the molecule is c1ccc(-c2cccc3cccc(-c4ccccc4N(c4cccc(-c5ccc6oc7ccccc7c6c5)c4)c4ccccc4-c4cccc5ccccc45)c23)cc1. The van der Waals surface area contributed by atoms with Crippen LogP contribution < -0.4 is 4.90 Å². The molecule has 0 N–H and O–H groups in total. The van der Waals surface area contributed by atoms with E-state index in [0.717, 1.165) is 61.3 Å². The summed E-state index contributed by atoms with van der Waals surface area (Å²) in [5.74, 6) is 0. The summed E-state index contributed by atoms with van der Waals surface area (Å²) < 4.78 is 6.22. The number of nitrogens with zero attached hydrogens (tertiary/aromatic N) is 1. The van der Waals surface area contributed by atoms with Crippen LogP contribution in [0.25, 0.3) is 88.0 Å². The zero-order chi connectivity index (χ0) is 38.4. The van der Waals surface area contributed by atoms with Crippen LogP contribution in [0.2, 0.25) is 0 Å². The van der Waals surface area contributed by atoms with Gasteiger partial charge in [-0.3, -0.25) is 0 Å². The Labute approximate surface area is 337 Å². The summed E-state index contributed by atoms with van der Waals surface area (Å²) in [6, 6.07) is 80.9. The van der Waals surface area contributed by atoms with Crippen molar-refractivity contribution in [3.8, 4) is 44.5 Å². The summed E-state index contributed by atoms with van der Waals surface area (Å²) in [5.41, 5.74) is 14.4. The predicted octanol–water partition coefficient (Wildman–Crippen LogP) is 16.0. The fourth-order valence-electron chi connectivity index (χ4n) is 8.81. The molecule has 0 saturated carbocycles. The van der Waals surface area contributed by atoms with E-state index < -0.39 is 0 Å². The lowest BCUT2D eigenvalue weighted by molar-refractivity contribution is 0.669. The highest BCUT2D eigenvalue weighted by Crippen LogP contribution is 2.48. The van der Waals surface area contributed by atoms with E-state index in [1.54, 1.807) is 0 Å². The van der Waals surface area contributed by atoms with E-state index in [-0.39, 0.29) is 0 Å². The van der Waals surface area contributed by atoms with Gasteiger partial charge in [0, 0.05) is 27.6 Å². The quantitative estimate of drug-likeness (QED) is 0.162. The summed E-state index contributed by atoms with van der Waals surface area (Å²) in [5, 5.41) is 7.13. The zero-order valence-corrected chi connectivity index (χ0v) is 31.7. The minimum atomic E-state index is 0.894. The molecule has 0 atom stereocenters. The highest BCUT2D eigenvalue weighted by Gasteiger charge is 2.23. The molecule has 0 bridgehead atoms. The Balaban J connectivity index is 1.17. The van der Waals surface area contributed by atoms with Crippen molar-refractivity contribution in [1.29, 1.82) is 0 Å². The molecule has 0 unspecified atom stereocenters. The molecule has 0 aliphatic carbocycles. The van der Waals surface area contributed by atoms with Gasteiger partial charge in [0.1, 0.15) is 11.2 Å². The number of furan rings is 1. The minimum absolute atomic E-state index is 0.894. The molecule has 2 heteroatoms. The third kappa shape index (κ3) is 5.74. The Morgan fingerprint density at radius 1 is 0.293 bits per heavy atom. The second kappa shape index (κ2) is 14.1. The Bertz CT molecular complexity index is 3290. The Morgan fingerprint density at radius 2 is 0.828 bits per heavy atom. The number of anilines is 3. The predicted molar refractivity (Wildman–Crippen MR) is 245 cm³/mol. The lowest BCUT2D eigenvalue weighted by Crippen LogP contribution is -2.12. The number of fused-ring (bicyclic) bond motifs is 5. The van der Waals surface area contributed by atoms with Crippen LogP contribution in [-0.4, -0.2) is 0 Å². The topological polar surface area (TPSA) is 16.4 Å². The van der Waals surface area contributed by atoms with Gasteiger partial charge in [0.05, 0.1) is 11.4 Å². The van der Waals surface area contributed by atoms with Crippen LogP contribution >= 0.6 is 0 Å². The summed E-state index contributed by atoms with van der Waals surface area (Å²) in [6.07, 6.45) is 0. The van der Waals surface area contributed by atoms with Crippen LogP contribution in [-0.2, 0) is 0 Å². The molecule has 10 aromatic carbocycles. The first-order valence-corrected chi connectivity index (χ1v) is 19.8. The van der Waals surface area contributed by atoms with Crippen molar-refractivity contribution in [2.24, 2.45) is 0 Å². The molecule has 0 radical (unpaired) electrons. The highest BCUT2D eigenvalue weighted by molar-refractivity contribution is 6.10. The van der Waals surface area contributed by atoms with Crippen molar-refractivity contribution < 1.29 is 4.42 Å². The number of hydrogen-bond donors (Lipinski definition) is 0. The maximum absolute atomic E-state index is 6.22. The first kappa shape index (κ1) is 33.6. The molecule has 0 aliphatic rings. The fraction of sp³-hybridized carbons (Fsp3) is 0. The van der Waals surface area contributed by atoms with E-state index >= 15 is 0 Å². The highest BCUT2D eigenvalue weighted by atomic mass is 16.3. The monoisotopic (exact) mass is 739 g/mol. The normalized spacial score (nSPS) is 11.4. The minimum Gasteiger partial charge on any atom is -0.456 e. The van der Waals surface area contributed by atoms with Crippen LogP contribution in [0.3, 0.4) is 0 Å². The van der Waals surface area contributed by atoms with E-state index in [0.29, 0.717) is 0 Å². The van der Waals surface area contributed by atoms with Gasteiger partial charge in [-0.05, 0) is 97.4 Å². The molecular weight excluding hydrogens is 703 g/mol. The van der Waals surface area contributed by atoms with Crippen LogP contribution in [0.1, 0.15) is 0 Å². The first-order valence-electron chi connectivity index (χ1n) is 19.8. The molecule has 1 aromatic heterocycles. The van der Waals surface area contributed by atoms with Crippen molar-refractivity contribution in [3.05, 3.63) is 224 Å². The van der Waals surface area contributed by atoms with Crippen molar-refractivity contribution >= 4 is 60.5 Å². The average Bonchev–Trinajstić information content (AvgIpc) is 3.67. The maximum Gasteiger partial charge on any atom is 0.135 e. The van der Waals surface area contributed by atoms with E-state index in [1.807, 2.05) is 12.1 Å². The molecule has 0 amide bonds. The molecular formula is C56H37NO. The first-order chi connectivity index (χ1) is 28.8. The van der Waals surface area contributed by atoms with Crippen LogP contribution in [0.5, 0.6) is 0 Å². The van der Waals surface area contributed by atoms with Gasteiger partial charge < -0.3 is 9.32 Å². The fourth-order valence-corrected chi connectivity index (χ4v) is 8.81. The summed E-state index contributed by atoms with van der Waals surface area (Å²) in [4.78, 5) is 2.46. The second-order valence-electron chi connectivity index (χ2n) is 14.8. The molecule has 0 fully saturated rings. The molecule has 58 heavy (non-hydrogen) atoms. The van der Waals surface area contributed by atoms with Gasteiger partial charge in [-0.25, -0.2) is 0 Å². The lowest BCUT2D eigenvalue weighted by atomic mass is 9.90. The summed E-state index contributed by atoms with van der Waals surface area (Å²) in [7, 11) is 0. The van der Waals surface area contributed by atoms with Gasteiger partial charge >= 0.3 is 0 Å². The van der Waals surface area contributed by atoms with Crippen molar-refractivity contribution in [1.82, 2.24) is 0 Å². The van der Waals surface area contributed by atoms with Gasteiger partial charge in [-0.1, -0.05) is 182 Å². The maximum atomic E-state index is 6.22. The van der Waals surface area contributed by atoms with E-state index in [1.165, 1.54) is 43.8 Å². The van der Waals surface area contributed by atoms with Crippen LogP contribution in [0, 0.1) is 0 Å². The lowest BCUT2D eigenvalue weighted by Gasteiger charge is -2.31. The molecule has 0 aliphatic heterocycles. The van der Waals surface area contributed by atoms with E-state index in [9.17, 15) is 0 Å².